The number of aryl methyl sites for hydroxylation is 1. The van der Waals surface area contributed by atoms with Gasteiger partial charge in [0.25, 0.3) is 5.91 Å². The number of methoxy groups -OCH3 is 1. The molecular weight excluding hydrogens is 350 g/mol. The summed E-state index contributed by atoms with van der Waals surface area (Å²) >= 11 is 0. The van der Waals surface area contributed by atoms with E-state index in [0.29, 0.717) is 12.4 Å². The lowest BCUT2D eigenvalue weighted by molar-refractivity contribution is -0.127. The van der Waals surface area contributed by atoms with Crippen LogP contribution in [-0.4, -0.2) is 56.7 Å². The highest BCUT2D eigenvalue weighted by Gasteiger charge is 2.41. The minimum absolute atomic E-state index is 0.0205. The maximum Gasteiger partial charge on any atom is 0.255 e. The third-order valence-electron chi connectivity index (χ3n) is 4.50. The second-order valence-corrected chi connectivity index (χ2v) is 12.8. The van der Waals surface area contributed by atoms with Gasteiger partial charge >= 0.3 is 0 Å². The molecule has 0 aromatic carbocycles. The number of amides is 1. The Balaban J connectivity index is 2.87. The Hall–Kier alpha value is -1.35. The molecule has 1 N–H and O–H groups in total. The number of nitrogens with zero attached hydrogens (tertiary/aromatic N) is 2. The quantitative estimate of drug-likeness (QED) is 0.660. The van der Waals surface area contributed by atoms with Crippen molar-refractivity contribution in [3.05, 3.63) is 18.1 Å². The molecule has 26 heavy (non-hydrogen) atoms. The molecule has 0 aliphatic heterocycles. The van der Waals surface area contributed by atoms with Gasteiger partial charge in [0.15, 0.2) is 14.1 Å². The van der Waals surface area contributed by atoms with Crippen molar-refractivity contribution < 1.29 is 18.7 Å². The van der Waals surface area contributed by atoms with Gasteiger partial charge in [-0.1, -0.05) is 20.8 Å². The molecule has 0 spiro atoms. The lowest BCUT2D eigenvalue weighted by Crippen LogP contribution is -2.49. The van der Waals surface area contributed by atoms with Crippen LogP contribution in [0.1, 0.15) is 33.4 Å². The Morgan fingerprint density at radius 2 is 1.88 bits per heavy atom. The lowest BCUT2D eigenvalue weighted by atomic mass is 10.2. The smallest absolute Gasteiger partial charge is 0.255 e. The molecule has 0 aliphatic rings. The van der Waals surface area contributed by atoms with E-state index in [9.17, 15) is 4.79 Å². The first-order chi connectivity index (χ1) is 12.0. The third-order valence-corrected chi connectivity index (χ3v) is 8.99. The van der Waals surface area contributed by atoms with Crippen LogP contribution in [0.25, 0.3) is 0 Å². The molecule has 1 rings (SSSR count). The van der Waals surface area contributed by atoms with Crippen LogP contribution >= 0.6 is 0 Å². The van der Waals surface area contributed by atoms with Crippen molar-refractivity contribution in [2.24, 2.45) is 0 Å². The number of nitrogens with one attached hydrogen (secondary N) is 1. The Morgan fingerprint density at radius 1 is 1.23 bits per heavy atom. The number of anilines is 1. The molecule has 0 bridgehead atoms. The number of carbonyl (C=O) groups excluding carboxylic acids is 1. The number of carbonyl (C=O) groups is 1. The van der Waals surface area contributed by atoms with Gasteiger partial charge in [-0.25, -0.2) is 4.98 Å². The molecule has 8 heteroatoms. The fourth-order valence-corrected chi connectivity index (χ4v) is 3.13. The highest BCUT2D eigenvalue weighted by molar-refractivity contribution is 6.74. The molecular formula is C18H33N3O4Si. The van der Waals surface area contributed by atoms with E-state index in [1.165, 1.54) is 6.20 Å². The fourth-order valence-electron chi connectivity index (χ4n) is 1.89. The standard InChI is InChI=1S/C18H33N3O4Si/c1-13-9-20-16(10-19-13)21-17(22)15(12-24-14(2)11-23-6)25-26(7,8)18(3,4)5/h9-10,14-15H,11-12H2,1-8H3,(H,20,21,22)/t14-,15+/m1/s1. The van der Waals surface area contributed by atoms with E-state index in [1.54, 1.807) is 13.3 Å². The normalized spacial score (nSPS) is 14.8. The van der Waals surface area contributed by atoms with Crippen LogP contribution in [0.15, 0.2) is 12.4 Å². The Labute approximate surface area is 158 Å². The van der Waals surface area contributed by atoms with Crippen molar-refractivity contribution in [3.8, 4) is 0 Å². The van der Waals surface area contributed by atoms with Gasteiger partial charge < -0.3 is 19.2 Å². The molecule has 7 nitrogen and oxygen atoms in total. The Morgan fingerprint density at radius 3 is 2.38 bits per heavy atom. The third kappa shape index (κ3) is 7.11. The average Bonchev–Trinajstić information content (AvgIpc) is 2.52. The van der Waals surface area contributed by atoms with E-state index in [1.807, 2.05) is 13.8 Å². The van der Waals surface area contributed by atoms with E-state index in [4.69, 9.17) is 13.9 Å². The molecule has 2 atom stereocenters. The summed E-state index contributed by atoms with van der Waals surface area (Å²) in [5.41, 5.74) is 0.786. The second kappa shape index (κ2) is 9.54. The number of hydrogen-bond donors (Lipinski definition) is 1. The van der Waals surface area contributed by atoms with Gasteiger partial charge in [0.2, 0.25) is 0 Å². The van der Waals surface area contributed by atoms with E-state index in [2.05, 4.69) is 49.1 Å². The van der Waals surface area contributed by atoms with Gasteiger partial charge in [0, 0.05) is 7.11 Å². The zero-order valence-electron chi connectivity index (χ0n) is 17.3. The minimum atomic E-state index is -2.16. The summed E-state index contributed by atoms with van der Waals surface area (Å²) in [6, 6.07) is 0. The number of ether oxygens (including phenoxy) is 2. The van der Waals surface area contributed by atoms with Crippen molar-refractivity contribution in [1.29, 1.82) is 0 Å². The van der Waals surface area contributed by atoms with Crippen LogP contribution in [0, 0.1) is 6.92 Å². The summed E-state index contributed by atoms with van der Waals surface area (Å²) in [5, 5.41) is 2.75. The first-order valence-electron chi connectivity index (χ1n) is 8.84. The van der Waals surface area contributed by atoms with Gasteiger partial charge in [-0.2, -0.15) is 0 Å². The van der Waals surface area contributed by atoms with Gasteiger partial charge in [-0.15, -0.1) is 0 Å². The van der Waals surface area contributed by atoms with Crippen molar-refractivity contribution in [1.82, 2.24) is 9.97 Å². The van der Waals surface area contributed by atoms with Gasteiger partial charge in [-0.3, -0.25) is 9.78 Å². The van der Waals surface area contributed by atoms with E-state index >= 15 is 0 Å². The largest absolute Gasteiger partial charge is 0.403 e. The Kier molecular flexibility index (Phi) is 8.33. The summed E-state index contributed by atoms with van der Waals surface area (Å²) in [6.45, 7) is 15.0. The number of hydrogen-bond acceptors (Lipinski definition) is 6. The molecule has 1 amide bonds. The van der Waals surface area contributed by atoms with Crippen LogP contribution in [0.2, 0.25) is 18.1 Å². The van der Waals surface area contributed by atoms with E-state index in [-0.39, 0.29) is 23.7 Å². The van der Waals surface area contributed by atoms with Crippen molar-refractivity contribution >= 4 is 20.0 Å². The fraction of sp³-hybridized carbons (Fsp3) is 0.722. The van der Waals surface area contributed by atoms with Crippen molar-refractivity contribution in [3.63, 3.8) is 0 Å². The molecule has 1 aromatic heterocycles. The molecule has 1 aromatic rings. The van der Waals surface area contributed by atoms with E-state index in [0.717, 1.165) is 5.69 Å². The SMILES string of the molecule is COC[C@@H](C)OC[C@H](O[Si](C)(C)C(C)(C)C)C(=O)Nc1cnc(C)cn1. The number of aromatic nitrogens is 2. The first kappa shape index (κ1) is 22.7. The van der Waals surface area contributed by atoms with Gasteiger partial charge in [-0.05, 0) is 32.0 Å². The van der Waals surface area contributed by atoms with Crippen LogP contribution in [-0.2, 0) is 18.7 Å². The molecule has 0 radical (unpaired) electrons. The predicted molar refractivity (Wildman–Crippen MR) is 105 cm³/mol. The molecule has 1 heterocycles. The molecule has 0 fully saturated rings. The molecule has 148 valence electrons. The highest BCUT2D eigenvalue weighted by atomic mass is 28.4. The van der Waals surface area contributed by atoms with Crippen LogP contribution in [0.5, 0.6) is 0 Å². The maximum atomic E-state index is 12.8. The highest BCUT2D eigenvalue weighted by Crippen LogP contribution is 2.37. The van der Waals surface area contributed by atoms with Crippen molar-refractivity contribution in [2.45, 2.75) is 65.0 Å². The second-order valence-electron chi connectivity index (χ2n) is 8.00. The average molecular weight is 384 g/mol. The summed E-state index contributed by atoms with van der Waals surface area (Å²) in [6.07, 6.45) is 2.29. The Bertz CT molecular complexity index is 573. The summed E-state index contributed by atoms with van der Waals surface area (Å²) in [5.74, 6) is 0.118. The van der Waals surface area contributed by atoms with Crippen LogP contribution in [0.3, 0.4) is 0 Å². The summed E-state index contributed by atoms with van der Waals surface area (Å²) < 4.78 is 17.1. The summed E-state index contributed by atoms with van der Waals surface area (Å²) in [7, 11) is -0.538. The van der Waals surface area contributed by atoms with Crippen molar-refractivity contribution in [2.75, 3.05) is 25.6 Å². The van der Waals surface area contributed by atoms with Crippen LogP contribution in [0.4, 0.5) is 5.82 Å². The molecule has 0 unspecified atom stereocenters. The zero-order valence-corrected chi connectivity index (χ0v) is 18.3. The monoisotopic (exact) mass is 383 g/mol. The van der Waals surface area contributed by atoms with Crippen LogP contribution < -0.4 is 5.32 Å². The molecule has 0 saturated carbocycles. The summed E-state index contributed by atoms with van der Waals surface area (Å²) in [4.78, 5) is 21.1. The zero-order chi connectivity index (χ0) is 20.0. The lowest BCUT2D eigenvalue weighted by Gasteiger charge is -2.38. The van der Waals surface area contributed by atoms with Gasteiger partial charge in [0.1, 0.15) is 6.10 Å². The maximum absolute atomic E-state index is 12.8. The first-order valence-corrected chi connectivity index (χ1v) is 11.7. The molecule has 0 saturated heterocycles. The predicted octanol–water partition coefficient (Wildman–Crippen LogP) is 3.17. The van der Waals surface area contributed by atoms with Gasteiger partial charge in [0.05, 0.1) is 37.4 Å². The van der Waals surface area contributed by atoms with E-state index < -0.39 is 14.4 Å². The number of rotatable bonds is 9. The minimum Gasteiger partial charge on any atom is -0.403 e. The molecule has 0 aliphatic carbocycles. The topological polar surface area (TPSA) is 82.6 Å².